The number of nitrogens with zero attached hydrogens (tertiary/aromatic N) is 2. The molecule has 30 heavy (non-hydrogen) atoms. The second-order valence-corrected chi connectivity index (χ2v) is 7.51. The van der Waals surface area contributed by atoms with Gasteiger partial charge < -0.3 is 21.7 Å². The summed E-state index contributed by atoms with van der Waals surface area (Å²) < 4.78 is 0. The van der Waals surface area contributed by atoms with Crippen LogP contribution in [0.5, 0.6) is 0 Å². The lowest BCUT2D eigenvalue weighted by molar-refractivity contribution is -0.142. The molecule has 1 unspecified atom stereocenters. The van der Waals surface area contributed by atoms with E-state index in [9.17, 15) is 4.79 Å². The lowest BCUT2D eigenvalue weighted by Crippen LogP contribution is -2.35. The summed E-state index contributed by atoms with van der Waals surface area (Å²) in [6, 6.07) is 10.7. The molecule has 0 spiro atoms. The number of aliphatic carboxylic acids is 1. The zero-order chi connectivity index (χ0) is 22.7. The number of carboxylic acids is 1. The van der Waals surface area contributed by atoms with E-state index < -0.39 is 11.9 Å². The van der Waals surface area contributed by atoms with Gasteiger partial charge in [-0.05, 0) is 55.6 Å². The fraction of sp³-hybridized carbons (Fsp3) is 0.409. The normalized spacial score (nSPS) is 12.2. The Morgan fingerprint density at radius 2 is 1.93 bits per heavy atom. The van der Waals surface area contributed by atoms with Crippen molar-refractivity contribution in [3.63, 3.8) is 0 Å². The minimum Gasteiger partial charge on any atom is -0.481 e. The molecule has 0 aliphatic rings. The van der Waals surface area contributed by atoms with Gasteiger partial charge >= 0.3 is 5.97 Å². The lowest BCUT2D eigenvalue weighted by atomic mass is 9.92. The topological polar surface area (TPSA) is 139 Å². The van der Waals surface area contributed by atoms with Crippen LogP contribution in [0.1, 0.15) is 37.0 Å². The van der Waals surface area contributed by atoms with Crippen LogP contribution in [-0.2, 0) is 11.3 Å². The fourth-order valence-electron chi connectivity index (χ4n) is 2.85. The highest BCUT2D eigenvalue weighted by Gasteiger charge is 2.23. The summed E-state index contributed by atoms with van der Waals surface area (Å²) in [5.41, 5.74) is 8.31. The number of rotatable bonds is 7. The number of hydrazine groups is 1. The van der Waals surface area contributed by atoms with Gasteiger partial charge in [-0.2, -0.15) is 5.10 Å². The number of benzene rings is 1. The van der Waals surface area contributed by atoms with Crippen molar-refractivity contribution in [2.75, 3.05) is 7.05 Å². The molecule has 164 valence electrons. The minimum atomic E-state index is -0.869. The second-order valence-electron chi connectivity index (χ2n) is 7.51. The molecule has 0 amide bonds. The van der Waals surface area contributed by atoms with E-state index in [1.54, 1.807) is 0 Å². The Bertz CT molecular complexity index is 834. The Labute approximate surface area is 178 Å². The van der Waals surface area contributed by atoms with Gasteiger partial charge in [0.25, 0.3) is 0 Å². The first-order chi connectivity index (χ1) is 14.2. The highest BCUT2D eigenvalue weighted by Crippen LogP contribution is 2.20. The number of nitrogens with two attached hydrogens (primary N) is 2. The zero-order valence-corrected chi connectivity index (χ0v) is 18.4. The molecule has 2 aromatic rings. The van der Waals surface area contributed by atoms with Crippen molar-refractivity contribution >= 4 is 11.8 Å². The SMILES string of the molecule is CC(C)C(C/C(=N/N)NN)C(=O)O.CNCc1ccc(-c2ccc(C)cn2)cc1C. The summed E-state index contributed by atoms with van der Waals surface area (Å²) in [4.78, 5) is 15.2. The Balaban J connectivity index is 0.000000314. The second kappa shape index (κ2) is 12.6. The molecule has 0 saturated heterocycles. The van der Waals surface area contributed by atoms with Gasteiger partial charge in [0.1, 0.15) is 5.84 Å². The number of hydrogen-bond donors (Lipinski definition) is 5. The minimum absolute atomic E-state index is 0.0163. The van der Waals surface area contributed by atoms with E-state index in [2.05, 4.69) is 65.0 Å². The van der Waals surface area contributed by atoms with Gasteiger partial charge in [-0.1, -0.05) is 32.0 Å². The van der Waals surface area contributed by atoms with Crippen LogP contribution in [-0.4, -0.2) is 28.9 Å². The van der Waals surface area contributed by atoms with Crippen LogP contribution in [0.4, 0.5) is 0 Å². The van der Waals surface area contributed by atoms with Crippen LogP contribution < -0.4 is 22.4 Å². The van der Waals surface area contributed by atoms with Gasteiger partial charge in [-0.15, -0.1) is 0 Å². The maximum absolute atomic E-state index is 10.7. The molecule has 0 aliphatic carbocycles. The number of carbonyl (C=O) groups is 1. The summed E-state index contributed by atoms with van der Waals surface area (Å²) in [6.45, 7) is 8.75. The highest BCUT2D eigenvalue weighted by atomic mass is 16.4. The molecule has 0 saturated carbocycles. The van der Waals surface area contributed by atoms with E-state index in [1.807, 2.05) is 27.1 Å². The lowest BCUT2D eigenvalue weighted by Gasteiger charge is -2.16. The third-order valence-corrected chi connectivity index (χ3v) is 4.77. The average molecular weight is 415 g/mol. The number of carboxylic acid groups (broad SMARTS) is 1. The molecule has 7 N–H and O–H groups in total. The van der Waals surface area contributed by atoms with Crippen LogP contribution in [0.25, 0.3) is 11.3 Å². The van der Waals surface area contributed by atoms with Crippen molar-refractivity contribution in [2.45, 2.75) is 40.7 Å². The molecular weight excluding hydrogens is 380 g/mol. The molecule has 1 aromatic heterocycles. The van der Waals surface area contributed by atoms with Crippen molar-refractivity contribution in [1.29, 1.82) is 0 Å². The smallest absolute Gasteiger partial charge is 0.307 e. The molecule has 2 rings (SSSR count). The van der Waals surface area contributed by atoms with Crippen LogP contribution in [0, 0.1) is 25.7 Å². The molecule has 1 heterocycles. The van der Waals surface area contributed by atoms with Crippen molar-refractivity contribution in [1.82, 2.24) is 15.7 Å². The molecule has 0 fully saturated rings. The maximum atomic E-state index is 10.7. The number of pyridine rings is 1. The Kier molecular flexibility index (Phi) is 10.5. The van der Waals surface area contributed by atoms with Crippen molar-refractivity contribution in [2.24, 2.45) is 28.6 Å². The van der Waals surface area contributed by atoms with Gasteiger partial charge in [0.15, 0.2) is 0 Å². The molecule has 8 nitrogen and oxygen atoms in total. The Morgan fingerprint density at radius 3 is 2.37 bits per heavy atom. The van der Waals surface area contributed by atoms with Crippen LogP contribution in [0.3, 0.4) is 0 Å². The number of hydrogen-bond acceptors (Lipinski definition) is 6. The third-order valence-electron chi connectivity index (χ3n) is 4.77. The Hall–Kier alpha value is -2.97. The van der Waals surface area contributed by atoms with E-state index in [0.29, 0.717) is 5.84 Å². The third kappa shape index (κ3) is 7.81. The molecular formula is C22H34N6O2. The van der Waals surface area contributed by atoms with Crippen molar-refractivity contribution in [3.8, 4) is 11.3 Å². The monoisotopic (exact) mass is 414 g/mol. The standard InChI is InChI=1S/C15H18N2.C7H16N4O2/c1-11-4-7-15(17-9-11)13-5-6-14(10-16-3)12(2)8-13;1-4(2)5(7(12)13)3-6(10-8)11-9/h4-9,16H,10H2,1-3H3;4-5H,3,8-9H2,1-2H3,(H,10,11)(H,12,13). The van der Waals surface area contributed by atoms with E-state index in [-0.39, 0.29) is 12.3 Å². The number of aromatic nitrogens is 1. The molecule has 8 heteroatoms. The molecule has 0 radical (unpaired) electrons. The van der Waals surface area contributed by atoms with Crippen molar-refractivity contribution < 1.29 is 9.90 Å². The maximum Gasteiger partial charge on any atom is 0.307 e. The van der Waals surface area contributed by atoms with Gasteiger partial charge in [0.05, 0.1) is 11.6 Å². The first-order valence-corrected chi connectivity index (χ1v) is 9.86. The average Bonchev–Trinajstić information content (AvgIpc) is 2.71. The number of hydrazone groups is 1. The quantitative estimate of drug-likeness (QED) is 0.203. The largest absolute Gasteiger partial charge is 0.481 e. The van der Waals surface area contributed by atoms with Crippen molar-refractivity contribution in [3.05, 3.63) is 53.2 Å². The van der Waals surface area contributed by atoms with E-state index in [4.69, 9.17) is 16.8 Å². The van der Waals surface area contributed by atoms with Gasteiger partial charge in [-0.25, -0.2) is 5.84 Å². The van der Waals surface area contributed by atoms with E-state index in [0.717, 1.165) is 12.2 Å². The summed E-state index contributed by atoms with van der Waals surface area (Å²) in [6.07, 6.45) is 2.13. The first kappa shape index (κ1) is 25.1. The summed E-state index contributed by atoms with van der Waals surface area (Å²) in [5.74, 6) is 8.99. The predicted molar refractivity (Wildman–Crippen MR) is 121 cm³/mol. The van der Waals surface area contributed by atoms with Gasteiger partial charge in [0.2, 0.25) is 0 Å². The molecule has 0 bridgehead atoms. The van der Waals surface area contributed by atoms with Gasteiger partial charge in [0, 0.05) is 24.7 Å². The van der Waals surface area contributed by atoms with Crippen LogP contribution in [0.2, 0.25) is 0 Å². The van der Waals surface area contributed by atoms with Crippen LogP contribution in [0.15, 0.2) is 41.6 Å². The predicted octanol–water partition coefficient (Wildman–Crippen LogP) is 2.55. The molecule has 1 atom stereocenters. The number of nitrogens with one attached hydrogen (secondary N) is 2. The number of amidine groups is 1. The van der Waals surface area contributed by atoms with E-state index >= 15 is 0 Å². The van der Waals surface area contributed by atoms with Crippen LogP contribution >= 0.6 is 0 Å². The number of aryl methyl sites for hydroxylation is 2. The van der Waals surface area contributed by atoms with E-state index in [1.165, 1.54) is 22.3 Å². The summed E-state index contributed by atoms with van der Waals surface area (Å²) in [7, 11) is 1.97. The molecule has 0 aliphatic heterocycles. The summed E-state index contributed by atoms with van der Waals surface area (Å²) >= 11 is 0. The van der Waals surface area contributed by atoms with Gasteiger partial charge in [-0.3, -0.25) is 9.78 Å². The molecule has 1 aromatic carbocycles. The zero-order valence-electron chi connectivity index (χ0n) is 18.4. The first-order valence-electron chi connectivity index (χ1n) is 9.86. The summed E-state index contributed by atoms with van der Waals surface area (Å²) in [5, 5.41) is 15.3. The Morgan fingerprint density at radius 1 is 1.23 bits per heavy atom. The fourth-order valence-corrected chi connectivity index (χ4v) is 2.85. The highest BCUT2D eigenvalue weighted by molar-refractivity contribution is 5.85.